The van der Waals surface area contributed by atoms with Gasteiger partial charge in [0.2, 0.25) is 0 Å². The number of nitrogens with one attached hydrogen (secondary N) is 1. The normalized spacial score (nSPS) is 22.4. The fourth-order valence-corrected chi connectivity index (χ4v) is 2.31. The summed E-state index contributed by atoms with van der Waals surface area (Å²) in [6, 6.07) is 4.27. The van der Waals surface area contributed by atoms with E-state index >= 15 is 0 Å². The van der Waals surface area contributed by atoms with Crippen LogP contribution < -0.4 is 5.32 Å². The van der Waals surface area contributed by atoms with Crippen LogP contribution in [-0.2, 0) is 4.79 Å². The molecule has 2 nitrogen and oxygen atoms in total. The summed E-state index contributed by atoms with van der Waals surface area (Å²) in [4.78, 5) is 12.5. The highest BCUT2D eigenvalue weighted by atomic mass is 32.1. The summed E-state index contributed by atoms with van der Waals surface area (Å²) in [6.45, 7) is 1.93. The average molecular weight is 193 g/mol. The summed E-state index contributed by atoms with van der Waals surface area (Å²) in [5, 5.41) is 5.34. The molecule has 1 aliphatic rings. The van der Waals surface area contributed by atoms with Gasteiger partial charge in [-0.1, -0.05) is 6.07 Å². The fraction of sp³-hybridized carbons (Fsp3) is 0.300. The molecular weight excluding hydrogens is 182 g/mol. The van der Waals surface area contributed by atoms with Crippen LogP contribution in [0.3, 0.4) is 0 Å². The van der Waals surface area contributed by atoms with Gasteiger partial charge in [0.15, 0.2) is 5.78 Å². The number of ketones is 1. The quantitative estimate of drug-likeness (QED) is 0.741. The van der Waals surface area contributed by atoms with Crippen LogP contribution in [0.4, 0.5) is 0 Å². The van der Waals surface area contributed by atoms with Crippen LogP contribution in [0.25, 0.3) is 0 Å². The van der Waals surface area contributed by atoms with Gasteiger partial charge in [-0.15, -0.1) is 11.3 Å². The lowest BCUT2D eigenvalue weighted by atomic mass is 10.0. The van der Waals surface area contributed by atoms with Gasteiger partial charge in [-0.25, -0.2) is 0 Å². The zero-order valence-electron chi connectivity index (χ0n) is 7.41. The van der Waals surface area contributed by atoms with Crippen LogP contribution in [-0.4, -0.2) is 5.78 Å². The number of carbonyl (C=O) groups excluding carboxylic acids is 1. The highest BCUT2D eigenvalue weighted by Gasteiger charge is 2.19. The molecule has 1 aromatic heterocycles. The van der Waals surface area contributed by atoms with Crippen molar-refractivity contribution in [2.75, 3.05) is 0 Å². The van der Waals surface area contributed by atoms with Crippen molar-refractivity contribution in [1.82, 2.24) is 5.32 Å². The Morgan fingerprint density at radius 2 is 2.46 bits per heavy atom. The first-order chi connectivity index (χ1) is 6.25. The van der Waals surface area contributed by atoms with Gasteiger partial charge in [-0.3, -0.25) is 4.79 Å². The molecule has 0 saturated heterocycles. The maximum absolute atomic E-state index is 11.3. The zero-order valence-corrected chi connectivity index (χ0v) is 8.23. The lowest BCUT2D eigenvalue weighted by Crippen LogP contribution is -2.26. The highest BCUT2D eigenvalue weighted by Crippen LogP contribution is 2.25. The molecule has 0 aromatic carbocycles. The summed E-state index contributed by atoms with van der Waals surface area (Å²) in [5.74, 6) is 0.217. The minimum atomic E-state index is 0.192. The average Bonchev–Trinajstić information content (AvgIpc) is 2.53. The van der Waals surface area contributed by atoms with Crippen molar-refractivity contribution < 1.29 is 4.79 Å². The van der Waals surface area contributed by atoms with E-state index in [9.17, 15) is 4.79 Å². The number of carbonyl (C=O) groups is 1. The summed E-state index contributed by atoms with van der Waals surface area (Å²) < 4.78 is 0. The molecule has 3 heteroatoms. The van der Waals surface area contributed by atoms with Crippen LogP contribution >= 0.6 is 11.3 Å². The third kappa shape index (κ3) is 1.80. The van der Waals surface area contributed by atoms with Gasteiger partial charge in [-0.2, -0.15) is 0 Å². The number of thiophene rings is 1. The molecule has 1 atom stereocenters. The Morgan fingerprint density at radius 1 is 1.62 bits per heavy atom. The van der Waals surface area contributed by atoms with Crippen LogP contribution in [0.5, 0.6) is 0 Å². The predicted molar refractivity (Wildman–Crippen MR) is 53.6 cm³/mol. The Bertz CT molecular complexity index is 340. The van der Waals surface area contributed by atoms with E-state index < -0.39 is 0 Å². The van der Waals surface area contributed by atoms with Crippen molar-refractivity contribution >= 4 is 17.1 Å². The topological polar surface area (TPSA) is 29.1 Å². The highest BCUT2D eigenvalue weighted by molar-refractivity contribution is 7.10. The van der Waals surface area contributed by atoms with E-state index in [4.69, 9.17) is 0 Å². The largest absolute Gasteiger partial charge is 0.380 e. The van der Waals surface area contributed by atoms with E-state index in [0.29, 0.717) is 6.42 Å². The van der Waals surface area contributed by atoms with E-state index in [1.807, 2.05) is 18.4 Å². The number of rotatable bonds is 1. The molecule has 1 aromatic rings. The third-order valence-corrected chi connectivity index (χ3v) is 3.06. The van der Waals surface area contributed by atoms with E-state index in [0.717, 1.165) is 5.70 Å². The fourth-order valence-electron chi connectivity index (χ4n) is 1.53. The predicted octanol–water partition coefficient (Wildman–Crippen LogP) is 2.26. The van der Waals surface area contributed by atoms with Gasteiger partial charge in [0.25, 0.3) is 0 Å². The first-order valence-electron chi connectivity index (χ1n) is 4.27. The lowest BCUT2D eigenvalue weighted by molar-refractivity contribution is -0.115. The Balaban J connectivity index is 2.20. The van der Waals surface area contributed by atoms with Crippen molar-refractivity contribution in [3.05, 3.63) is 34.2 Å². The molecule has 0 fully saturated rings. The van der Waals surface area contributed by atoms with Crippen molar-refractivity contribution in [1.29, 1.82) is 0 Å². The Kier molecular flexibility index (Phi) is 2.19. The smallest absolute Gasteiger partial charge is 0.159 e. The van der Waals surface area contributed by atoms with Gasteiger partial charge in [-0.05, 0) is 24.4 Å². The summed E-state index contributed by atoms with van der Waals surface area (Å²) in [7, 11) is 0. The van der Waals surface area contributed by atoms with Crippen molar-refractivity contribution in [3.8, 4) is 0 Å². The van der Waals surface area contributed by atoms with Crippen LogP contribution in [0.1, 0.15) is 24.3 Å². The van der Waals surface area contributed by atoms with Gasteiger partial charge >= 0.3 is 0 Å². The molecule has 1 aliphatic heterocycles. The summed E-state index contributed by atoms with van der Waals surface area (Å²) in [6.07, 6.45) is 2.25. The molecule has 1 N–H and O–H groups in total. The lowest BCUT2D eigenvalue weighted by Gasteiger charge is -2.21. The SMILES string of the molecule is CC1=CC(=O)CC(c2cccs2)N1. The molecule has 1 unspecified atom stereocenters. The molecule has 0 amide bonds. The Labute approximate surface area is 81.3 Å². The number of allylic oxidation sites excluding steroid dienone is 2. The first-order valence-corrected chi connectivity index (χ1v) is 5.15. The molecule has 0 spiro atoms. The second-order valence-corrected chi connectivity index (χ2v) is 4.19. The Morgan fingerprint density at radius 3 is 3.08 bits per heavy atom. The van der Waals surface area contributed by atoms with Crippen LogP contribution in [0, 0.1) is 0 Å². The molecule has 13 heavy (non-hydrogen) atoms. The monoisotopic (exact) mass is 193 g/mol. The van der Waals surface area contributed by atoms with Gasteiger partial charge < -0.3 is 5.32 Å². The molecular formula is C10H11NOS. The van der Waals surface area contributed by atoms with E-state index in [1.165, 1.54) is 4.88 Å². The zero-order chi connectivity index (χ0) is 9.26. The van der Waals surface area contributed by atoms with E-state index in [2.05, 4.69) is 11.4 Å². The standard InChI is InChI=1S/C10H11NOS/c1-7-5-8(12)6-9(11-7)10-3-2-4-13-10/h2-5,9,11H,6H2,1H3. The van der Waals surface area contributed by atoms with Crippen LogP contribution in [0.2, 0.25) is 0 Å². The maximum Gasteiger partial charge on any atom is 0.159 e. The van der Waals surface area contributed by atoms with Crippen molar-refractivity contribution in [2.45, 2.75) is 19.4 Å². The number of hydrogen-bond donors (Lipinski definition) is 1. The Hall–Kier alpha value is -1.09. The second kappa shape index (κ2) is 3.34. The van der Waals surface area contributed by atoms with Crippen molar-refractivity contribution in [2.24, 2.45) is 0 Å². The molecule has 2 rings (SSSR count). The summed E-state index contributed by atoms with van der Waals surface area (Å²) >= 11 is 1.69. The van der Waals surface area contributed by atoms with Crippen molar-refractivity contribution in [3.63, 3.8) is 0 Å². The molecule has 2 heterocycles. The first kappa shape index (κ1) is 8.51. The van der Waals surface area contributed by atoms with E-state index in [-0.39, 0.29) is 11.8 Å². The van der Waals surface area contributed by atoms with Gasteiger partial charge in [0.1, 0.15) is 0 Å². The maximum atomic E-state index is 11.3. The third-order valence-electron chi connectivity index (χ3n) is 2.07. The molecule has 0 radical (unpaired) electrons. The minimum absolute atomic E-state index is 0.192. The van der Waals surface area contributed by atoms with Crippen LogP contribution in [0.15, 0.2) is 29.3 Å². The molecule has 0 bridgehead atoms. The minimum Gasteiger partial charge on any atom is -0.380 e. The number of hydrogen-bond acceptors (Lipinski definition) is 3. The summed E-state index contributed by atoms with van der Waals surface area (Å²) in [5.41, 5.74) is 0.967. The van der Waals surface area contributed by atoms with Gasteiger partial charge in [0.05, 0.1) is 6.04 Å². The molecule has 0 aliphatic carbocycles. The van der Waals surface area contributed by atoms with E-state index in [1.54, 1.807) is 17.4 Å². The molecule has 68 valence electrons. The van der Waals surface area contributed by atoms with Gasteiger partial charge in [0, 0.05) is 17.0 Å². The molecule has 0 saturated carbocycles. The second-order valence-electron chi connectivity index (χ2n) is 3.21.